The van der Waals surface area contributed by atoms with Crippen LogP contribution in [-0.2, 0) is 28.9 Å². The summed E-state index contributed by atoms with van der Waals surface area (Å²) in [6.07, 6.45) is 2.81. The van der Waals surface area contributed by atoms with Gasteiger partial charge in [0.15, 0.2) is 11.0 Å². The van der Waals surface area contributed by atoms with E-state index in [1.165, 1.54) is 30.2 Å². The number of rotatable bonds is 8. The third kappa shape index (κ3) is 4.77. The Hall–Kier alpha value is -2.85. The highest BCUT2D eigenvalue weighted by molar-refractivity contribution is 7.99. The van der Waals surface area contributed by atoms with Gasteiger partial charge in [0.2, 0.25) is 5.91 Å². The van der Waals surface area contributed by atoms with E-state index in [-0.39, 0.29) is 11.7 Å². The summed E-state index contributed by atoms with van der Waals surface area (Å²) in [6, 6.07) is 8.12. The van der Waals surface area contributed by atoms with Gasteiger partial charge < -0.3 is 19.5 Å². The van der Waals surface area contributed by atoms with Gasteiger partial charge in [0.1, 0.15) is 5.00 Å². The number of carbonyl (C=O) groups is 2. The average Bonchev–Trinajstić information content (AvgIpc) is 3.51. The van der Waals surface area contributed by atoms with Crippen LogP contribution in [-0.4, -0.2) is 53.6 Å². The van der Waals surface area contributed by atoms with E-state index in [4.69, 9.17) is 4.74 Å². The van der Waals surface area contributed by atoms with Crippen molar-refractivity contribution in [3.05, 3.63) is 40.3 Å². The van der Waals surface area contributed by atoms with Gasteiger partial charge in [-0.25, -0.2) is 4.79 Å². The lowest BCUT2D eigenvalue weighted by atomic mass is 10.1. The van der Waals surface area contributed by atoms with Crippen molar-refractivity contribution in [3.63, 3.8) is 0 Å². The Balaban J connectivity index is 1.48. The number of anilines is 2. The van der Waals surface area contributed by atoms with Crippen molar-refractivity contribution in [1.82, 2.24) is 14.8 Å². The van der Waals surface area contributed by atoms with Gasteiger partial charge >= 0.3 is 5.97 Å². The fourth-order valence-electron chi connectivity index (χ4n) is 3.92. The zero-order valence-corrected chi connectivity index (χ0v) is 20.8. The number of benzene rings is 1. The number of aryl methyl sites for hydroxylation is 1. The van der Waals surface area contributed by atoms with E-state index in [0.29, 0.717) is 22.3 Å². The minimum absolute atomic E-state index is 0.166. The van der Waals surface area contributed by atoms with Gasteiger partial charge in [-0.1, -0.05) is 23.9 Å². The fraction of sp³-hybridized carbons (Fsp3) is 0.391. The van der Waals surface area contributed by atoms with Gasteiger partial charge in [-0.2, -0.15) is 0 Å². The monoisotopic (exact) mass is 485 g/mol. The van der Waals surface area contributed by atoms with E-state index >= 15 is 0 Å². The predicted octanol–water partition coefficient (Wildman–Crippen LogP) is 4.10. The molecular weight excluding hydrogens is 458 g/mol. The Bertz CT molecular complexity index is 1180. The lowest BCUT2D eigenvalue weighted by molar-refractivity contribution is -0.113. The first-order valence-electron chi connectivity index (χ1n) is 10.8. The number of thioether (sulfide) groups is 1. The van der Waals surface area contributed by atoms with E-state index in [9.17, 15) is 9.59 Å². The minimum Gasteiger partial charge on any atom is -0.465 e. The van der Waals surface area contributed by atoms with E-state index in [1.807, 2.05) is 48.7 Å². The van der Waals surface area contributed by atoms with Gasteiger partial charge in [-0.3, -0.25) is 4.79 Å². The number of nitrogens with one attached hydrogen (secondary N) is 1. The highest BCUT2D eigenvalue weighted by Crippen LogP contribution is 2.39. The van der Waals surface area contributed by atoms with Crippen LogP contribution in [0.15, 0.2) is 29.4 Å². The number of methoxy groups -OCH3 is 1. The van der Waals surface area contributed by atoms with Crippen LogP contribution in [0.1, 0.15) is 34.1 Å². The maximum Gasteiger partial charge on any atom is 0.341 e. The molecule has 0 saturated carbocycles. The van der Waals surface area contributed by atoms with Gasteiger partial charge in [-0.05, 0) is 43.9 Å². The molecule has 33 heavy (non-hydrogen) atoms. The highest BCUT2D eigenvalue weighted by atomic mass is 32.2. The Kier molecular flexibility index (Phi) is 7.04. The van der Waals surface area contributed by atoms with Crippen molar-refractivity contribution in [1.29, 1.82) is 0 Å². The van der Waals surface area contributed by atoms with Gasteiger partial charge in [-0.15, -0.1) is 21.5 Å². The first-order valence-corrected chi connectivity index (χ1v) is 12.6. The normalized spacial score (nSPS) is 12.5. The van der Waals surface area contributed by atoms with Crippen molar-refractivity contribution in [2.45, 2.75) is 37.9 Å². The smallest absolute Gasteiger partial charge is 0.341 e. The standard InChI is InChI=1S/C23H27N5O3S2/c1-5-28-20(14-8-6-9-15(12-14)27(2)3)25-26-23(28)32-13-18(29)24-21-19(22(30)31-4)16-10-7-11-17(16)33-21/h6,8-9,12H,5,7,10-11,13H2,1-4H3,(H,24,29). The third-order valence-electron chi connectivity index (χ3n) is 5.55. The zero-order chi connectivity index (χ0) is 23.5. The number of esters is 1. The number of ether oxygens (including phenoxy) is 1. The predicted molar refractivity (Wildman–Crippen MR) is 132 cm³/mol. The molecule has 4 rings (SSSR count). The van der Waals surface area contributed by atoms with E-state index < -0.39 is 5.97 Å². The molecule has 0 saturated heterocycles. The van der Waals surface area contributed by atoms with Crippen molar-refractivity contribution in [3.8, 4) is 11.4 Å². The molecule has 2 aromatic heterocycles. The number of hydrogen-bond acceptors (Lipinski definition) is 8. The van der Waals surface area contributed by atoms with Crippen LogP contribution in [0.4, 0.5) is 10.7 Å². The van der Waals surface area contributed by atoms with Crippen LogP contribution in [0.2, 0.25) is 0 Å². The van der Waals surface area contributed by atoms with Crippen molar-refractivity contribution >= 4 is 45.7 Å². The number of thiophene rings is 1. The zero-order valence-electron chi connectivity index (χ0n) is 19.2. The molecule has 0 unspecified atom stereocenters. The quantitative estimate of drug-likeness (QED) is 0.380. The molecule has 1 N–H and O–H groups in total. The molecular formula is C23H27N5O3S2. The third-order valence-corrected chi connectivity index (χ3v) is 7.72. The summed E-state index contributed by atoms with van der Waals surface area (Å²) in [4.78, 5) is 28.2. The van der Waals surface area contributed by atoms with Crippen molar-refractivity contribution in [2.75, 3.05) is 37.2 Å². The van der Waals surface area contributed by atoms with Gasteiger partial charge in [0.05, 0.1) is 18.4 Å². The molecule has 0 atom stereocenters. The minimum atomic E-state index is -0.396. The molecule has 10 heteroatoms. The number of hydrogen-bond donors (Lipinski definition) is 1. The molecule has 1 amide bonds. The van der Waals surface area contributed by atoms with Crippen molar-refractivity contribution < 1.29 is 14.3 Å². The molecule has 174 valence electrons. The van der Waals surface area contributed by atoms with E-state index in [2.05, 4.69) is 21.6 Å². The largest absolute Gasteiger partial charge is 0.465 e. The molecule has 1 aliphatic carbocycles. The Labute approximate surface area is 201 Å². The molecule has 0 spiro atoms. The van der Waals surface area contributed by atoms with Crippen LogP contribution in [0.3, 0.4) is 0 Å². The van der Waals surface area contributed by atoms with Crippen molar-refractivity contribution in [2.24, 2.45) is 0 Å². The summed E-state index contributed by atoms with van der Waals surface area (Å²) in [7, 11) is 5.36. The van der Waals surface area contributed by atoms with Crippen LogP contribution >= 0.6 is 23.1 Å². The molecule has 0 bridgehead atoms. The molecule has 2 heterocycles. The second kappa shape index (κ2) is 9.96. The molecule has 3 aromatic rings. The topological polar surface area (TPSA) is 89.3 Å². The van der Waals surface area contributed by atoms with Gasteiger partial charge in [0, 0.05) is 36.8 Å². The fourth-order valence-corrected chi connectivity index (χ4v) is 6.02. The van der Waals surface area contributed by atoms with E-state index in [1.54, 1.807) is 0 Å². The van der Waals surface area contributed by atoms with Crippen LogP contribution in [0, 0.1) is 0 Å². The molecule has 0 fully saturated rings. The number of nitrogens with zero attached hydrogens (tertiary/aromatic N) is 4. The second-order valence-corrected chi connectivity index (χ2v) is 9.93. The molecule has 0 aliphatic heterocycles. The number of fused-ring (bicyclic) bond motifs is 1. The number of carbonyl (C=O) groups excluding carboxylic acids is 2. The number of aromatic nitrogens is 3. The first-order chi connectivity index (χ1) is 15.9. The van der Waals surface area contributed by atoms with Crippen LogP contribution in [0.25, 0.3) is 11.4 Å². The SMILES string of the molecule is CCn1c(SCC(=O)Nc2sc3c(c2C(=O)OC)CCC3)nnc1-c1cccc(N(C)C)c1. The second-order valence-electron chi connectivity index (χ2n) is 7.89. The van der Waals surface area contributed by atoms with Crippen LogP contribution < -0.4 is 10.2 Å². The lowest BCUT2D eigenvalue weighted by Crippen LogP contribution is -2.16. The summed E-state index contributed by atoms with van der Waals surface area (Å²) >= 11 is 2.81. The number of amides is 1. The first kappa shape index (κ1) is 23.3. The van der Waals surface area contributed by atoms with Gasteiger partial charge in [0.25, 0.3) is 0 Å². The summed E-state index contributed by atoms with van der Waals surface area (Å²) in [5.41, 5.74) is 3.58. The highest BCUT2D eigenvalue weighted by Gasteiger charge is 2.28. The average molecular weight is 486 g/mol. The molecule has 8 nitrogen and oxygen atoms in total. The molecule has 1 aliphatic rings. The Morgan fingerprint density at radius 3 is 2.82 bits per heavy atom. The molecule has 1 aromatic carbocycles. The molecule has 0 radical (unpaired) electrons. The van der Waals surface area contributed by atoms with Crippen LogP contribution in [0.5, 0.6) is 0 Å². The summed E-state index contributed by atoms with van der Waals surface area (Å²) in [5, 5.41) is 12.9. The Morgan fingerprint density at radius 1 is 1.27 bits per heavy atom. The summed E-state index contributed by atoms with van der Waals surface area (Å²) < 4.78 is 6.96. The summed E-state index contributed by atoms with van der Waals surface area (Å²) in [5.74, 6) is 0.352. The summed E-state index contributed by atoms with van der Waals surface area (Å²) in [6.45, 7) is 2.71. The Morgan fingerprint density at radius 2 is 2.09 bits per heavy atom. The lowest BCUT2D eigenvalue weighted by Gasteiger charge is -2.14. The van der Waals surface area contributed by atoms with E-state index in [0.717, 1.165) is 46.8 Å². The maximum atomic E-state index is 12.7. The maximum absolute atomic E-state index is 12.7.